The summed E-state index contributed by atoms with van der Waals surface area (Å²) in [5, 5.41) is 8.73. The fraction of sp³-hybridized carbons (Fsp3) is 0.364. The number of hydrogen-bond acceptors (Lipinski definition) is 4. The van der Waals surface area contributed by atoms with Crippen LogP contribution < -0.4 is 4.90 Å². The maximum atomic E-state index is 13.8. The number of alkyl halides is 4. The minimum absolute atomic E-state index is 0.0827. The maximum absolute atomic E-state index is 13.8. The Morgan fingerprint density at radius 1 is 1.35 bits per heavy atom. The Hall–Kier alpha value is -2.19. The van der Waals surface area contributed by atoms with Gasteiger partial charge in [0.15, 0.2) is 6.30 Å². The first-order chi connectivity index (χ1) is 9.29. The summed E-state index contributed by atoms with van der Waals surface area (Å²) in [6.07, 6.45) is -4.23. The Morgan fingerprint density at radius 2 is 1.95 bits per heavy atom. The molecule has 0 spiro atoms. The average molecular weight is 291 g/mol. The molecular formula is C11H9F4N3O2. The molecule has 0 radical (unpaired) electrons. The lowest BCUT2D eigenvalue weighted by Gasteiger charge is -2.28. The highest BCUT2D eigenvalue weighted by atomic mass is 19.4. The van der Waals surface area contributed by atoms with Gasteiger partial charge in [-0.3, -0.25) is 0 Å². The molecule has 0 saturated heterocycles. The normalized spacial score (nSPS) is 19.7. The van der Waals surface area contributed by atoms with Gasteiger partial charge in [-0.15, -0.1) is 0 Å². The molecule has 5 nitrogen and oxygen atoms in total. The predicted octanol–water partition coefficient (Wildman–Crippen LogP) is 2.01. The van der Waals surface area contributed by atoms with E-state index in [0.717, 1.165) is 4.90 Å². The third-order valence-corrected chi connectivity index (χ3v) is 2.76. The molecule has 2 rings (SSSR count). The van der Waals surface area contributed by atoms with Gasteiger partial charge >= 0.3 is 12.1 Å². The molecule has 1 N–H and O–H groups in total. The molecule has 1 aromatic rings. The van der Waals surface area contributed by atoms with Crippen LogP contribution in [0.3, 0.4) is 0 Å². The largest absolute Gasteiger partial charge is 0.478 e. The summed E-state index contributed by atoms with van der Waals surface area (Å²) >= 11 is 0. The second kappa shape index (κ2) is 5.06. The van der Waals surface area contributed by atoms with Crippen molar-refractivity contribution in [2.24, 2.45) is 0 Å². The lowest BCUT2D eigenvalue weighted by Crippen LogP contribution is -2.38. The van der Waals surface area contributed by atoms with Gasteiger partial charge in [-0.05, 0) is 0 Å². The van der Waals surface area contributed by atoms with Crippen LogP contribution in [0.4, 0.5) is 23.5 Å². The van der Waals surface area contributed by atoms with Crippen LogP contribution in [0.2, 0.25) is 0 Å². The standard InChI is InChI=1S/C11H9F4N3O2/c12-8-3-6(9(19)20)1-2-18(8)10-16-4-7(5-17-10)11(13,14)15/h1,4-5,8H,2-3H2,(H,19,20). The molecule has 2 heterocycles. The van der Waals surface area contributed by atoms with E-state index >= 15 is 0 Å². The van der Waals surface area contributed by atoms with E-state index in [0.29, 0.717) is 12.4 Å². The molecule has 1 aromatic heterocycles. The van der Waals surface area contributed by atoms with Crippen molar-refractivity contribution in [1.82, 2.24) is 9.97 Å². The zero-order valence-electron chi connectivity index (χ0n) is 9.93. The highest BCUT2D eigenvalue weighted by Crippen LogP contribution is 2.29. The van der Waals surface area contributed by atoms with Crippen LogP contribution in [0.15, 0.2) is 24.0 Å². The fourth-order valence-electron chi connectivity index (χ4n) is 1.70. The zero-order valence-corrected chi connectivity index (χ0v) is 9.93. The van der Waals surface area contributed by atoms with Gasteiger partial charge < -0.3 is 10.0 Å². The van der Waals surface area contributed by atoms with Crippen molar-refractivity contribution in [2.45, 2.75) is 18.9 Å². The van der Waals surface area contributed by atoms with Gasteiger partial charge in [0.05, 0.1) is 5.56 Å². The van der Waals surface area contributed by atoms with E-state index in [-0.39, 0.29) is 24.5 Å². The number of aromatic nitrogens is 2. The third-order valence-electron chi connectivity index (χ3n) is 2.76. The first-order valence-corrected chi connectivity index (χ1v) is 5.51. The quantitative estimate of drug-likeness (QED) is 0.667. The zero-order chi connectivity index (χ0) is 14.9. The van der Waals surface area contributed by atoms with Gasteiger partial charge in [-0.1, -0.05) is 6.08 Å². The molecule has 0 bridgehead atoms. The van der Waals surface area contributed by atoms with Gasteiger partial charge in [0.1, 0.15) is 0 Å². The van der Waals surface area contributed by atoms with Crippen molar-refractivity contribution in [3.63, 3.8) is 0 Å². The van der Waals surface area contributed by atoms with Crippen molar-refractivity contribution < 1.29 is 27.5 Å². The summed E-state index contributed by atoms with van der Waals surface area (Å²) in [5.41, 5.74) is -1.11. The van der Waals surface area contributed by atoms with Crippen molar-refractivity contribution in [3.05, 3.63) is 29.6 Å². The molecule has 1 unspecified atom stereocenters. The summed E-state index contributed by atoms with van der Waals surface area (Å²) in [6.45, 7) is -0.117. The third kappa shape index (κ3) is 2.86. The summed E-state index contributed by atoms with van der Waals surface area (Å²) < 4.78 is 50.8. The first kappa shape index (κ1) is 14.2. The minimum Gasteiger partial charge on any atom is -0.478 e. The van der Waals surface area contributed by atoms with Gasteiger partial charge in [-0.2, -0.15) is 13.2 Å². The summed E-state index contributed by atoms with van der Waals surface area (Å²) in [4.78, 5) is 18.6. The van der Waals surface area contributed by atoms with Crippen LogP contribution in [-0.2, 0) is 11.0 Å². The molecule has 0 aliphatic carbocycles. The Labute approximate surface area is 110 Å². The number of carbonyl (C=O) groups is 1. The van der Waals surface area contributed by atoms with E-state index in [1.807, 2.05) is 0 Å². The number of rotatable bonds is 2. The van der Waals surface area contributed by atoms with Crippen LogP contribution >= 0.6 is 0 Å². The second-order valence-corrected chi connectivity index (χ2v) is 4.09. The number of hydrogen-bond donors (Lipinski definition) is 1. The van der Waals surface area contributed by atoms with Crippen LogP contribution in [0, 0.1) is 0 Å². The second-order valence-electron chi connectivity index (χ2n) is 4.09. The highest BCUT2D eigenvalue weighted by Gasteiger charge is 2.32. The van der Waals surface area contributed by atoms with Crippen LogP contribution in [0.5, 0.6) is 0 Å². The molecule has 9 heteroatoms. The highest BCUT2D eigenvalue weighted by molar-refractivity contribution is 5.87. The van der Waals surface area contributed by atoms with Crippen molar-refractivity contribution in [1.29, 1.82) is 0 Å². The van der Waals surface area contributed by atoms with E-state index < -0.39 is 24.0 Å². The van der Waals surface area contributed by atoms with Gasteiger partial charge in [0, 0.05) is 30.9 Å². The Bertz CT molecular complexity index is 542. The van der Waals surface area contributed by atoms with Gasteiger partial charge in [-0.25, -0.2) is 19.2 Å². The number of anilines is 1. The fourth-order valence-corrected chi connectivity index (χ4v) is 1.70. The van der Waals surface area contributed by atoms with E-state index in [1.54, 1.807) is 0 Å². The van der Waals surface area contributed by atoms with E-state index in [2.05, 4.69) is 9.97 Å². The van der Waals surface area contributed by atoms with Crippen LogP contribution in [0.1, 0.15) is 12.0 Å². The molecule has 20 heavy (non-hydrogen) atoms. The monoisotopic (exact) mass is 291 g/mol. The van der Waals surface area contributed by atoms with Crippen LogP contribution in [0.25, 0.3) is 0 Å². The van der Waals surface area contributed by atoms with Crippen molar-refractivity contribution in [3.8, 4) is 0 Å². The number of carboxylic acids is 1. The molecule has 1 aliphatic rings. The Kier molecular flexibility index (Phi) is 3.60. The van der Waals surface area contributed by atoms with Gasteiger partial charge in [0.25, 0.3) is 0 Å². The van der Waals surface area contributed by atoms with E-state index in [1.165, 1.54) is 6.08 Å². The number of aliphatic carboxylic acids is 1. The van der Waals surface area contributed by atoms with Crippen molar-refractivity contribution >= 4 is 11.9 Å². The number of halogens is 4. The lowest BCUT2D eigenvalue weighted by molar-refractivity contribution is -0.138. The van der Waals surface area contributed by atoms with Crippen LogP contribution in [-0.4, -0.2) is 33.9 Å². The number of nitrogens with zero attached hydrogens (tertiary/aromatic N) is 3. The smallest absolute Gasteiger partial charge is 0.419 e. The molecule has 108 valence electrons. The average Bonchev–Trinajstić information content (AvgIpc) is 2.37. The first-order valence-electron chi connectivity index (χ1n) is 5.51. The minimum atomic E-state index is -4.56. The molecule has 0 saturated carbocycles. The Balaban J connectivity index is 2.19. The molecule has 0 amide bonds. The molecule has 0 fully saturated rings. The van der Waals surface area contributed by atoms with E-state index in [9.17, 15) is 22.4 Å². The summed E-state index contributed by atoms with van der Waals surface area (Å²) in [7, 11) is 0. The summed E-state index contributed by atoms with van der Waals surface area (Å²) in [5.74, 6) is -1.44. The van der Waals surface area contributed by atoms with E-state index in [4.69, 9.17) is 5.11 Å². The summed E-state index contributed by atoms with van der Waals surface area (Å²) in [6, 6.07) is 0. The molecular weight excluding hydrogens is 282 g/mol. The SMILES string of the molecule is O=C(O)C1=CCN(c2ncc(C(F)(F)F)cn2)C(F)C1. The molecule has 1 aliphatic heterocycles. The predicted molar refractivity (Wildman–Crippen MR) is 59.6 cm³/mol. The maximum Gasteiger partial charge on any atom is 0.419 e. The number of carboxylic acid groups (broad SMARTS) is 1. The van der Waals surface area contributed by atoms with Crippen molar-refractivity contribution in [2.75, 3.05) is 11.4 Å². The molecule has 0 aromatic carbocycles. The lowest BCUT2D eigenvalue weighted by atomic mass is 10.1. The van der Waals surface area contributed by atoms with Gasteiger partial charge in [0.2, 0.25) is 5.95 Å². The molecule has 1 atom stereocenters. The Morgan fingerprint density at radius 3 is 2.40 bits per heavy atom. The topological polar surface area (TPSA) is 66.3 Å².